The quantitative estimate of drug-likeness (QED) is 0.405. The lowest BCUT2D eigenvalue weighted by molar-refractivity contribution is -0.143. The predicted octanol–water partition coefficient (Wildman–Crippen LogP) is 7.53. The number of anilines is 1. The smallest absolute Gasteiger partial charge is 0.416 e. The molecule has 1 N–H and O–H groups in total. The predicted molar refractivity (Wildman–Crippen MR) is 130 cm³/mol. The summed E-state index contributed by atoms with van der Waals surface area (Å²) in [5.41, 5.74) is -2.29. The van der Waals surface area contributed by atoms with E-state index < -0.39 is 58.6 Å². The fourth-order valence-corrected chi connectivity index (χ4v) is 4.39. The molecular formula is C27H30F6N2O3. The van der Waals surface area contributed by atoms with Crippen molar-refractivity contribution in [3.8, 4) is 0 Å². The van der Waals surface area contributed by atoms with Crippen LogP contribution in [-0.2, 0) is 21.9 Å². The summed E-state index contributed by atoms with van der Waals surface area (Å²) in [5.74, 6) is -0.653. The molecule has 1 amide bonds. The van der Waals surface area contributed by atoms with Gasteiger partial charge in [0.1, 0.15) is 5.60 Å². The number of hydrogen-bond acceptors (Lipinski definition) is 4. The molecule has 2 atom stereocenters. The molecule has 3 rings (SSSR count). The number of aryl methyl sites for hydroxylation is 1. The van der Waals surface area contributed by atoms with Crippen molar-refractivity contribution in [3.05, 3.63) is 64.2 Å². The van der Waals surface area contributed by atoms with Crippen LogP contribution in [0.4, 0.5) is 36.8 Å². The molecule has 208 valence electrons. The number of benzene rings is 2. The highest BCUT2D eigenvalue weighted by Gasteiger charge is 2.39. The number of nitrogens with one attached hydrogen (secondary N) is 1. The Morgan fingerprint density at radius 1 is 0.974 bits per heavy atom. The fraction of sp³-hybridized carbons (Fsp3) is 0.481. The van der Waals surface area contributed by atoms with Gasteiger partial charge in [0.15, 0.2) is 5.78 Å². The van der Waals surface area contributed by atoms with E-state index >= 15 is 0 Å². The summed E-state index contributed by atoms with van der Waals surface area (Å²) in [6.07, 6.45) is -9.87. The highest BCUT2D eigenvalue weighted by Crippen LogP contribution is 2.40. The Labute approximate surface area is 217 Å². The van der Waals surface area contributed by atoms with Crippen LogP contribution in [-0.4, -0.2) is 24.0 Å². The van der Waals surface area contributed by atoms with E-state index in [0.717, 1.165) is 12.5 Å². The van der Waals surface area contributed by atoms with Crippen LogP contribution in [0.3, 0.4) is 0 Å². The van der Waals surface area contributed by atoms with Gasteiger partial charge in [0, 0.05) is 12.6 Å². The van der Waals surface area contributed by atoms with Gasteiger partial charge in [-0.25, -0.2) is 4.79 Å². The Hall–Kier alpha value is -3.08. The van der Waals surface area contributed by atoms with Crippen molar-refractivity contribution in [1.29, 1.82) is 0 Å². The molecule has 0 fully saturated rings. The number of Topliss-reactive ketones (excluding diaryl/α,β-unsaturated/α-hetero) is 1. The molecule has 0 saturated heterocycles. The van der Waals surface area contributed by atoms with Gasteiger partial charge in [0.05, 0.1) is 22.9 Å². The van der Waals surface area contributed by atoms with Gasteiger partial charge in [-0.2, -0.15) is 26.3 Å². The van der Waals surface area contributed by atoms with E-state index in [1.54, 1.807) is 39.0 Å². The topological polar surface area (TPSA) is 58.6 Å². The highest BCUT2D eigenvalue weighted by atomic mass is 19.4. The third-order valence-corrected chi connectivity index (χ3v) is 6.06. The number of fused-ring (bicyclic) bond motifs is 1. The SMILES string of the molecule is CC(=O)C(NC1CCCN(C(=O)OC(C)(C)C)c2cc(C)ccc21)c1cc(C(F)(F)F)cc(C(F)(F)F)c1. The van der Waals surface area contributed by atoms with E-state index in [-0.39, 0.29) is 12.6 Å². The maximum Gasteiger partial charge on any atom is 0.416 e. The molecule has 11 heteroatoms. The first-order chi connectivity index (χ1) is 17.4. The Morgan fingerprint density at radius 3 is 2.05 bits per heavy atom. The first-order valence-electron chi connectivity index (χ1n) is 12.0. The zero-order valence-electron chi connectivity index (χ0n) is 21.7. The van der Waals surface area contributed by atoms with Crippen molar-refractivity contribution in [2.24, 2.45) is 0 Å². The van der Waals surface area contributed by atoms with E-state index in [9.17, 15) is 35.9 Å². The van der Waals surface area contributed by atoms with Crippen molar-refractivity contribution in [1.82, 2.24) is 5.32 Å². The van der Waals surface area contributed by atoms with Crippen LogP contribution < -0.4 is 10.2 Å². The molecule has 5 nitrogen and oxygen atoms in total. The molecule has 38 heavy (non-hydrogen) atoms. The molecule has 0 spiro atoms. The van der Waals surface area contributed by atoms with Gasteiger partial charge in [0.2, 0.25) is 0 Å². The number of ketones is 1. The third-order valence-electron chi connectivity index (χ3n) is 6.06. The molecule has 0 radical (unpaired) electrons. The average Bonchev–Trinajstić information content (AvgIpc) is 2.93. The molecule has 2 aromatic carbocycles. The maximum atomic E-state index is 13.5. The largest absolute Gasteiger partial charge is 0.443 e. The Kier molecular flexibility index (Phi) is 8.21. The zero-order chi connectivity index (χ0) is 28.6. The van der Waals surface area contributed by atoms with Crippen LogP contribution in [0, 0.1) is 6.92 Å². The molecule has 1 aliphatic heterocycles. The number of carbonyl (C=O) groups is 2. The summed E-state index contributed by atoms with van der Waals surface area (Å²) < 4.78 is 86.3. The summed E-state index contributed by atoms with van der Waals surface area (Å²) in [6, 6.07) is 4.33. The molecule has 1 heterocycles. The molecule has 0 saturated carbocycles. The molecule has 0 aliphatic carbocycles. The summed E-state index contributed by atoms with van der Waals surface area (Å²) in [5, 5.41) is 2.99. The van der Waals surface area contributed by atoms with Gasteiger partial charge in [-0.1, -0.05) is 12.1 Å². The van der Waals surface area contributed by atoms with Crippen molar-refractivity contribution in [2.75, 3.05) is 11.4 Å². The van der Waals surface area contributed by atoms with Gasteiger partial charge < -0.3 is 4.74 Å². The number of halogens is 6. The minimum atomic E-state index is -5.04. The van der Waals surface area contributed by atoms with Crippen LogP contribution in [0.25, 0.3) is 0 Å². The van der Waals surface area contributed by atoms with E-state index in [1.165, 1.54) is 4.90 Å². The second-order valence-electron chi connectivity index (χ2n) is 10.4. The first kappa shape index (κ1) is 29.5. The summed E-state index contributed by atoms with van der Waals surface area (Å²) in [4.78, 5) is 27.1. The maximum absolute atomic E-state index is 13.5. The number of carbonyl (C=O) groups excluding carboxylic acids is 2. The molecule has 2 aromatic rings. The standard InChI is InChI=1S/C27H30F6N2O3/c1-15-8-9-20-21(7-6-10-35(22(20)11-15)24(37)38-25(3,4)5)34-23(16(2)36)17-12-18(26(28,29)30)14-19(13-17)27(31,32)33/h8-9,11-14,21,23,34H,6-7,10H2,1-5H3. The third kappa shape index (κ3) is 7.06. The minimum Gasteiger partial charge on any atom is -0.443 e. The van der Waals surface area contributed by atoms with E-state index in [0.29, 0.717) is 36.2 Å². The minimum absolute atomic E-state index is 0.0309. The van der Waals surface area contributed by atoms with E-state index in [2.05, 4.69) is 5.32 Å². The highest BCUT2D eigenvalue weighted by molar-refractivity contribution is 5.89. The average molecular weight is 545 g/mol. The molecular weight excluding hydrogens is 514 g/mol. The van der Waals surface area contributed by atoms with E-state index in [1.807, 2.05) is 6.92 Å². The number of nitrogens with zero attached hydrogens (tertiary/aromatic N) is 1. The molecule has 2 unspecified atom stereocenters. The summed E-state index contributed by atoms with van der Waals surface area (Å²) in [7, 11) is 0. The van der Waals surface area contributed by atoms with Crippen LogP contribution in [0.5, 0.6) is 0 Å². The van der Waals surface area contributed by atoms with Crippen molar-refractivity contribution < 1.29 is 40.7 Å². The van der Waals surface area contributed by atoms with Gasteiger partial charge in [0.25, 0.3) is 0 Å². The molecule has 0 bridgehead atoms. The second kappa shape index (κ2) is 10.6. The van der Waals surface area contributed by atoms with Crippen molar-refractivity contribution in [3.63, 3.8) is 0 Å². The van der Waals surface area contributed by atoms with Gasteiger partial charge in [-0.15, -0.1) is 0 Å². The molecule has 1 aliphatic rings. The lowest BCUT2D eigenvalue weighted by Crippen LogP contribution is -2.37. The lowest BCUT2D eigenvalue weighted by Gasteiger charge is -2.29. The van der Waals surface area contributed by atoms with Crippen LogP contribution in [0.2, 0.25) is 0 Å². The monoisotopic (exact) mass is 544 g/mol. The van der Waals surface area contributed by atoms with E-state index in [4.69, 9.17) is 4.74 Å². The van der Waals surface area contributed by atoms with Crippen LogP contribution in [0.1, 0.15) is 80.4 Å². The van der Waals surface area contributed by atoms with Gasteiger partial charge in [-0.05, 0) is 88.4 Å². The van der Waals surface area contributed by atoms with Crippen LogP contribution in [0.15, 0.2) is 36.4 Å². The van der Waals surface area contributed by atoms with Gasteiger partial charge >= 0.3 is 18.4 Å². The Morgan fingerprint density at radius 2 is 1.55 bits per heavy atom. The Bertz CT molecular complexity index is 1170. The normalized spacial score (nSPS) is 17.4. The van der Waals surface area contributed by atoms with Crippen molar-refractivity contribution in [2.45, 2.75) is 77.5 Å². The summed E-state index contributed by atoms with van der Waals surface area (Å²) in [6.45, 7) is 8.38. The lowest BCUT2D eigenvalue weighted by atomic mass is 9.94. The van der Waals surface area contributed by atoms with Crippen molar-refractivity contribution >= 4 is 17.6 Å². The van der Waals surface area contributed by atoms with Gasteiger partial charge in [-0.3, -0.25) is 15.0 Å². The number of hydrogen-bond donors (Lipinski definition) is 1. The Balaban J connectivity index is 2.06. The second-order valence-corrected chi connectivity index (χ2v) is 10.4. The molecule has 0 aromatic heterocycles. The number of ether oxygens (including phenoxy) is 1. The van der Waals surface area contributed by atoms with Crippen LogP contribution >= 0.6 is 0 Å². The first-order valence-corrected chi connectivity index (χ1v) is 12.0. The zero-order valence-corrected chi connectivity index (χ0v) is 21.7. The number of rotatable bonds is 4. The summed E-state index contributed by atoms with van der Waals surface area (Å²) >= 11 is 0. The fourth-order valence-electron chi connectivity index (χ4n) is 4.39. The number of amides is 1. The number of alkyl halides is 6.